The van der Waals surface area contributed by atoms with Crippen molar-refractivity contribution in [2.24, 2.45) is 0 Å². The topological polar surface area (TPSA) is 156 Å². The van der Waals surface area contributed by atoms with Gasteiger partial charge < -0.3 is 25.8 Å². The summed E-state index contributed by atoms with van der Waals surface area (Å²) in [7, 11) is 0. The van der Waals surface area contributed by atoms with Crippen molar-refractivity contribution in [1.29, 1.82) is 0 Å². The first-order valence-electron chi connectivity index (χ1n) is 14.3. The maximum atomic E-state index is 12.7. The van der Waals surface area contributed by atoms with Gasteiger partial charge in [0, 0.05) is 29.9 Å². The molecule has 0 saturated heterocycles. The Morgan fingerprint density at radius 2 is 1.86 bits per heavy atom. The summed E-state index contributed by atoms with van der Waals surface area (Å²) < 4.78 is 6.86. The van der Waals surface area contributed by atoms with Crippen LogP contribution < -0.4 is 16.0 Å². The highest BCUT2D eigenvalue weighted by atomic mass is 32.1. The first-order chi connectivity index (χ1) is 20.7. The van der Waals surface area contributed by atoms with Crippen LogP contribution in [-0.4, -0.2) is 60.1 Å². The fraction of sp³-hybridized carbons (Fsp3) is 0.419. The number of aromatic nitrogens is 5. The van der Waals surface area contributed by atoms with Gasteiger partial charge in [-0.2, -0.15) is 5.10 Å². The van der Waals surface area contributed by atoms with Crippen LogP contribution in [0.4, 0.5) is 16.4 Å². The molecule has 3 aromatic heterocycles. The quantitative estimate of drug-likeness (QED) is 0.192. The molecule has 234 valence electrons. The van der Waals surface area contributed by atoms with E-state index < -0.39 is 17.7 Å². The fourth-order valence-corrected chi connectivity index (χ4v) is 5.02. The maximum absolute atomic E-state index is 12.7. The predicted molar refractivity (Wildman–Crippen MR) is 170 cm³/mol. The molecular formula is C31H40N8O4S. The Morgan fingerprint density at radius 1 is 1.09 bits per heavy atom. The lowest BCUT2D eigenvalue weighted by Gasteiger charge is -2.22. The highest BCUT2D eigenvalue weighted by Gasteiger charge is 2.21. The molecule has 3 heterocycles. The molecule has 0 aliphatic carbocycles. The zero-order valence-corrected chi connectivity index (χ0v) is 27.0. The van der Waals surface area contributed by atoms with Crippen LogP contribution >= 0.6 is 11.3 Å². The number of hydrogen-bond acceptors (Lipinski definition) is 10. The molecule has 0 fully saturated rings. The van der Waals surface area contributed by atoms with Gasteiger partial charge in [-0.05, 0) is 51.0 Å². The lowest BCUT2D eigenvalue weighted by Crippen LogP contribution is -2.43. The normalized spacial score (nSPS) is 12.5. The molecule has 0 aliphatic heterocycles. The first kappa shape index (κ1) is 32.6. The fourth-order valence-electron chi connectivity index (χ4n) is 4.13. The molecule has 0 unspecified atom stereocenters. The minimum absolute atomic E-state index is 0.0971. The number of aryl methyl sites for hydroxylation is 1. The van der Waals surface area contributed by atoms with E-state index in [1.54, 1.807) is 50.2 Å². The van der Waals surface area contributed by atoms with E-state index in [0.717, 1.165) is 27.4 Å². The molecule has 4 aromatic rings. The van der Waals surface area contributed by atoms with E-state index in [9.17, 15) is 14.7 Å². The number of nitrogens with one attached hydrogen (secondary N) is 3. The minimum atomic E-state index is -0.640. The molecule has 0 bridgehead atoms. The van der Waals surface area contributed by atoms with Gasteiger partial charge in [-0.3, -0.25) is 9.48 Å². The van der Waals surface area contributed by atoms with Crippen molar-refractivity contribution in [3.63, 3.8) is 0 Å². The Bertz CT molecular complexity index is 1600. The number of aliphatic hydroxyl groups excluding tert-OH is 1. The minimum Gasteiger partial charge on any atom is -0.444 e. The van der Waals surface area contributed by atoms with Crippen molar-refractivity contribution in [2.45, 2.75) is 78.6 Å². The second-order valence-electron chi connectivity index (χ2n) is 12.5. The smallest absolute Gasteiger partial charge is 0.408 e. The molecule has 1 aromatic carbocycles. The molecule has 0 radical (unpaired) electrons. The third-order valence-electron chi connectivity index (χ3n) is 6.34. The number of alkyl carbamates (subject to hydrolysis) is 1. The molecular weight excluding hydrogens is 580 g/mol. The van der Waals surface area contributed by atoms with Gasteiger partial charge >= 0.3 is 6.09 Å². The van der Waals surface area contributed by atoms with E-state index in [1.165, 1.54) is 11.3 Å². The number of ether oxygens (including phenoxy) is 1. The number of hydrogen-bond donors (Lipinski definition) is 4. The average molecular weight is 621 g/mol. The van der Waals surface area contributed by atoms with E-state index >= 15 is 0 Å². The van der Waals surface area contributed by atoms with Gasteiger partial charge in [-0.15, -0.1) is 11.3 Å². The van der Waals surface area contributed by atoms with Crippen molar-refractivity contribution >= 4 is 35.0 Å². The highest BCUT2D eigenvalue weighted by Crippen LogP contribution is 2.27. The monoisotopic (exact) mass is 620 g/mol. The molecule has 2 amide bonds. The zero-order chi connectivity index (χ0) is 32.1. The summed E-state index contributed by atoms with van der Waals surface area (Å²) in [4.78, 5) is 38.8. The van der Waals surface area contributed by atoms with Crippen molar-refractivity contribution in [3.05, 3.63) is 70.1 Å². The summed E-state index contributed by atoms with van der Waals surface area (Å²) in [5.41, 5.74) is 3.58. The van der Waals surface area contributed by atoms with Crippen LogP contribution in [0.1, 0.15) is 67.3 Å². The Hall–Kier alpha value is -4.36. The summed E-state index contributed by atoms with van der Waals surface area (Å²) in [5, 5.41) is 23.7. The Labute approximate surface area is 261 Å². The van der Waals surface area contributed by atoms with Crippen LogP contribution in [0, 0.1) is 6.92 Å². The van der Waals surface area contributed by atoms with Crippen LogP contribution in [0.3, 0.4) is 0 Å². The molecule has 0 spiro atoms. The van der Waals surface area contributed by atoms with Crippen LogP contribution in [0.25, 0.3) is 11.3 Å². The van der Waals surface area contributed by atoms with E-state index in [4.69, 9.17) is 4.74 Å². The number of thiazole rings is 1. The second-order valence-corrected chi connectivity index (χ2v) is 13.5. The summed E-state index contributed by atoms with van der Waals surface area (Å²) in [6.07, 6.45) is 6.05. The second kappa shape index (κ2) is 13.5. The molecule has 13 heteroatoms. The van der Waals surface area contributed by atoms with Gasteiger partial charge in [0.05, 0.1) is 48.0 Å². The van der Waals surface area contributed by atoms with E-state index in [2.05, 4.69) is 56.8 Å². The molecule has 0 saturated carbocycles. The van der Waals surface area contributed by atoms with Gasteiger partial charge in [0.1, 0.15) is 10.5 Å². The largest absolute Gasteiger partial charge is 0.444 e. The lowest BCUT2D eigenvalue weighted by molar-refractivity contribution is 0.0474. The van der Waals surface area contributed by atoms with Crippen molar-refractivity contribution in [2.75, 3.05) is 11.9 Å². The predicted octanol–water partition coefficient (Wildman–Crippen LogP) is 4.96. The Kier molecular flexibility index (Phi) is 10.00. The summed E-state index contributed by atoms with van der Waals surface area (Å²) >= 11 is 1.42. The van der Waals surface area contributed by atoms with Crippen LogP contribution in [-0.2, 0) is 23.2 Å². The molecule has 4 rings (SSSR count). The zero-order valence-electron chi connectivity index (χ0n) is 26.1. The number of rotatable bonds is 10. The Balaban J connectivity index is 1.36. The van der Waals surface area contributed by atoms with Crippen molar-refractivity contribution < 1.29 is 19.4 Å². The number of amides is 2. The average Bonchev–Trinajstić information content (AvgIpc) is 3.61. The van der Waals surface area contributed by atoms with Gasteiger partial charge in [0.15, 0.2) is 0 Å². The lowest BCUT2D eigenvalue weighted by atomic mass is 9.98. The van der Waals surface area contributed by atoms with Crippen LogP contribution in [0.15, 0.2) is 49.1 Å². The molecule has 0 aliphatic rings. The SMILES string of the molecule is Cc1cc(-c2ccnc(Nc3cnn(C[C@@H](CO)NC(=O)OC(C)(C)C)c3)n2)ccc1CNC(=O)c1cnc(C(C)(C)C)s1. The number of aliphatic hydroxyl groups is 1. The third kappa shape index (κ3) is 9.07. The summed E-state index contributed by atoms with van der Waals surface area (Å²) in [6, 6.07) is 7.24. The van der Waals surface area contributed by atoms with E-state index in [0.29, 0.717) is 23.1 Å². The van der Waals surface area contributed by atoms with Crippen LogP contribution in [0.2, 0.25) is 0 Å². The number of carbonyl (C=O) groups excluding carboxylic acids is 2. The maximum Gasteiger partial charge on any atom is 0.408 e. The van der Waals surface area contributed by atoms with Gasteiger partial charge in [0.2, 0.25) is 5.95 Å². The first-order valence-corrected chi connectivity index (χ1v) is 15.1. The number of carbonyl (C=O) groups is 2. The highest BCUT2D eigenvalue weighted by molar-refractivity contribution is 7.13. The Morgan fingerprint density at radius 3 is 2.52 bits per heavy atom. The van der Waals surface area contributed by atoms with Gasteiger partial charge in [-0.25, -0.2) is 19.7 Å². The van der Waals surface area contributed by atoms with Gasteiger partial charge in [-0.1, -0.05) is 32.9 Å². The van der Waals surface area contributed by atoms with E-state index in [1.807, 2.05) is 31.2 Å². The molecule has 44 heavy (non-hydrogen) atoms. The molecule has 12 nitrogen and oxygen atoms in total. The van der Waals surface area contributed by atoms with Crippen LogP contribution in [0.5, 0.6) is 0 Å². The number of anilines is 2. The number of benzene rings is 1. The number of nitrogens with zero attached hydrogens (tertiary/aromatic N) is 5. The van der Waals surface area contributed by atoms with E-state index in [-0.39, 0.29) is 24.5 Å². The molecule has 4 N–H and O–H groups in total. The van der Waals surface area contributed by atoms with Crippen molar-refractivity contribution in [1.82, 2.24) is 35.4 Å². The van der Waals surface area contributed by atoms with Crippen molar-refractivity contribution in [3.8, 4) is 11.3 Å². The third-order valence-corrected chi connectivity index (χ3v) is 7.76. The summed E-state index contributed by atoms with van der Waals surface area (Å²) in [5.74, 6) is 0.253. The van der Waals surface area contributed by atoms with Gasteiger partial charge in [0.25, 0.3) is 5.91 Å². The molecule has 1 atom stereocenters. The summed E-state index contributed by atoms with van der Waals surface area (Å²) in [6.45, 7) is 13.9. The standard InChI is InChI=1S/C31H40N8O4S/c1-19-12-20(8-9-21(19)13-33-26(41)25-15-34-27(44-25)30(2,3)4)24-10-11-32-28(38-24)36-22-14-35-39(16-22)17-23(18-40)37-29(42)43-31(5,6)7/h8-12,14-16,23,40H,13,17-18H2,1-7H3,(H,33,41)(H,37,42)(H,32,36,38)/t23-/m0/s1.